The topological polar surface area (TPSA) is 99.0 Å². The van der Waals surface area contributed by atoms with Crippen molar-refractivity contribution in [3.8, 4) is 0 Å². The van der Waals surface area contributed by atoms with Crippen LogP contribution in [0.4, 0.5) is 0 Å². The minimum absolute atomic E-state index is 0.0241. The third-order valence-electron chi connectivity index (χ3n) is 3.19. The van der Waals surface area contributed by atoms with E-state index in [2.05, 4.69) is 43.7 Å². The molecule has 0 bridgehead atoms. The standard InChI is InChI=1S/C15H18BrN5O3/c1-2-3-8-21-13(18-19-20-21)10-24-14(22)9-17-15(23)11-4-6-12(16)7-5-11/h4-7H,2-3,8-10H2,1H3,(H,17,23). The minimum atomic E-state index is -0.550. The lowest BCUT2D eigenvalue weighted by Crippen LogP contribution is -2.30. The van der Waals surface area contributed by atoms with Crippen LogP contribution in [0.25, 0.3) is 0 Å². The van der Waals surface area contributed by atoms with E-state index in [0.29, 0.717) is 17.9 Å². The Labute approximate surface area is 147 Å². The van der Waals surface area contributed by atoms with Gasteiger partial charge in [0.15, 0.2) is 12.4 Å². The average molecular weight is 396 g/mol. The largest absolute Gasteiger partial charge is 0.456 e. The van der Waals surface area contributed by atoms with Crippen LogP contribution in [0.1, 0.15) is 35.9 Å². The second kappa shape index (κ2) is 9.11. The lowest BCUT2D eigenvalue weighted by atomic mass is 10.2. The Hall–Kier alpha value is -2.29. The normalized spacial score (nSPS) is 10.4. The molecule has 0 aliphatic heterocycles. The molecule has 2 rings (SSSR count). The summed E-state index contributed by atoms with van der Waals surface area (Å²) in [4.78, 5) is 23.6. The highest BCUT2D eigenvalue weighted by molar-refractivity contribution is 9.10. The number of halogens is 1. The Kier molecular flexibility index (Phi) is 6.86. The van der Waals surface area contributed by atoms with Crippen molar-refractivity contribution in [3.05, 3.63) is 40.1 Å². The highest BCUT2D eigenvalue weighted by Gasteiger charge is 2.11. The molecule has 0 aliphatic rings. The highest BCUT2D eigenvalue weighted by Crippen LogP contribution is 2.10. The predicted octanol–water partition coefficient (Wildman–Crippen LogP) is 1.71. The molecule has 1 N–H and O–H groups in total. The van der Waals surface area contributed by atoms with E-state index < -0.39 is 5.97 Å². The lowest BCUT2D eigenvalue weighted by molar-refractivity contribution is -0.144. The fourth-order valence-corrected chi connectivity index (χ4v) is 2.12. The molecule has 8 nitrogen and oxygen atoms in total. The second-order valence-electron chi connectivity index (χ2n) is 5.02. The third kappa shape index (κ3) is 5.41. The Balaban J connectivity index is 1.76. The first-order chi connectivity index (χ1) is 11.6. The van der Waals surface area contributed by atoms with Crippen molar-refractivity contribution >= 4 is 27.8 Å². The van der Waals surface area contributed by atoms with Gasteiger partial charge >= 0.3 is 5.97 Å². The van der Waals surface area contributed by atoms with Crippen molar-refractivity contribution in [3.63, 3.8) is 0 Å². The second-order valence-corrected chi connectivity index (χ2v) is 5.94. The number of ether oxygens (including phenoxy) is 1. The van der Waals surface area contributed by atoms with E-state index in [1.165, 1.54) is 0 Å². The molecular weight excluding hydrogens is 378 g/mol. The number of carbonyl (C=O) groups is 2. The molecule has 0 aliphatic carbocycles. The molecule has 0 saturated heterocycles. The summed E-state index contributed by atoms with van der Waals surface area (Å²) >= 11 is 3.29. The number of unbranched alkanes of at least 4 members (excludes halogenated alkanes) is 1. The number of carbonyl (C=O) groups excluding carboxylic acids is 2. The van der Waals surface area contributed by atoms with Gasteiger partial charge in [-0.15, -0.1) is 5.10 Å². The van der Waals surface area contributed by atoms with Gasteiger partial charge < -0.3 is 10.1 Å². The zero-order valence-corrected chi connectivity index (χ0v) is 14.8. The van der Waals surface area contributed by atoms with Crippen molar-refractivity contribution < 1.29 is 14.3 Å². The molecular formula is C15H18BrN5O3. The number of nitrogens with zero attached hydrogens (tertiary/aromatic N) is 4. The molecule has 0 unspecified atom stereocenters. The van der Waals surface area contributed by atoms with Crippen molar-refractivity contribution in [2.24, 2.45) is 0 Å². The van der Waals surface area contributed by atoms with Crippen LogP contribution >= 0.6 is 15.9 Å². The van der Waals surface area contributed by atoms with Gasteiger partial charge in [0.25, 0.3) is 5.91 Å². The Morgan fingerprint density at radius 2 is 2.04 bits per heavy atom. The van der Waals surface area contributed by atoms with Crippen LogP contribution in [0.5, 0.6) is 0 Å². The zero-order chi connectivity index (χ0) is 17.4. The molecule has 2 aromatic rings. The van der Waals surface area contributed by atoms with Crippen molar-refractivity contribution in [1.82, 2.24) is 25.5 Å². The number of benzene rings is 1. The molecule has 9 heteroatoms. The number of hydrogen-bond donors (Lipinski definition) is 1. The molecule has 24 heavy (non-hydrogen) atoms. The van der Waals surface area contributed by atoms with Gasteiger partial charge in [-0.1, -0.05) is 29.3 Å². The van der Waals surface area contributed by atoms with Crippen LogP contribution in [-0.2, 0) is 22.7 Å². The fourth-order valence-electron chi connectivity index (χ4n) is 1.86. The van der Waals surface area contributed by atoms with Crippen LogP contribution < -0.4 is 5.32 Å². The summed E-state index contributed by atoms with van der Waals surface area (Å²) in [5.74, 6) is -0.409. The van der Waals surface area contributed by atoms with E-state index in [0.717, 1.165) is 17.3 Å². The summed E-state index contributed by atoms with van der Waals surface area (Å²) in [6.07, 6.45) is 1.95. The molecule has 1 aromatic heterocycles. The number of aromatic nitrogens is 4. The van der Waals surface area contributed by atoms with Gasteiger partial charge in [-0.3, -0.25) is 9.59 Å². The van der Waals surface area contributed by atoms with Crippen molar-refractivity contribution in [2.45, 2.75) is 32.9 Å². The summed E-state index contributed by atoms with van der Waals surface area (Å²) in [5, 5.41) is 13.8. The molecule has 0 radical (unpaired) electrons. The first-order valence-electron chi connectivity index (χ1n) is 7.54. The summed E-state index contributed by atoms with van der Waals surface area (Å²) in [6.45, 7) is 2.50. The predicted molar refractivity (Wildman–Crippen MR) is 89.0 cm³/mol. The van der Waals surface area contributed by atoms with Gasteiger partial charge in [0.1, 0.15) is 6.54 Å². The molecule has 1 aromatic carbocycles. The monoisotopic (exact) mass is 395 g/mol. The number of rotatable bonds is 8. The SMILES string of the molecule is CCCCn1nnnc1COC(=O)CNC(=O)c1ccc(Br)cc1. The first kappa shape index (κ1) is 18.1. The number of tetrazole rings is 1. The number of amides is 1. The van der Waals surface area contributed by atoms with Gasteiger partial charge in [0.05, 0.1) is 0 Å². The molecule has 128 valence electrons. The van der Waals surface area contributed by atoms with E-state index in [1.54, 1.807) is 28.9 Å². The van der Waals surface area contributed by atoms with Gasteiger partial charge in [-0.2, -0.15) is 0 Å². The summed E-state index contributed by atoms with van der Waals surface area (Å²) in [5.41, 5.74) is 0.467. The van der Waals surface area contributed by atoms with Crippen LogP contribution in [0.2, 0.25) is 0 Å². The van der Waals surface area contributed by atoms with E-state index in [4.69, 9.17) is 4.74 Å². The third-order valence-corrected chi connectivity index (χ3v) is 3.72. The van der Waals surface area contributed by atoms with Gasteiger partial charge in [0, 0.05) is 16.6 Å². The number of nitrogens with one attached hydrogen (secondary N) is 1. The number of esters is 1. The lowest BCUT2D eigenvalue weighted by Gasteiger charge is -2.07. The van der Waals surface area contributed by atoms with E-state index in [9.17, 15) is 9.59 Å². The minimum Gasteiger partial charge on any atom is -0.456 e. The van der Waals surface area contributed by atoms with Gasteiger partial charge in [-0.25, -0.2) is 4.68 Å². The quantitative estimate of drug-likeness (QED) is 0.682. The maximum atomic E-state index is 11.9. The molecule has 0 saturated carbocycles. The van der Waals surface area contributed by atoms with Crippen LogP contribution in [0.15, 0.2) is 28.7 Å². The summed E-state index contributed by atoms with van der Waals surface area (Å²) in [7, 11) is 0. The van der Waals surface area contributed by atoms with E-state index in [-0.39, 0.29) is 19.1 Å². The fraction of sp³-hybridized carbons (Fsp3) is 0.400. The summed E-state index contributed by atoms with van der Waals surface area (Å²) < 4.78 is 7.57. The average Bonchev–Trinajstić information content (AvgIpc) is 3.04. The van der Waals surface area contributed by atoms with Crippen molar-refractivity contribution in [2.75, 3.05) is 6.54 Å². The number of aryl methyl sites for hydroxylation is 1. The molecule has 0 spiro atoms. The maximum absolute atomic E-state index is 11.9. The van der Waals surface area contributed by atoms with Crippen LogP contribution in [-0.4, -0.2) is 38.6 Å². The molecule has 0 atom stereocenters. The van der Waals surface area contributed by atoms with Crippen LogP contribution in [0, 0.1) is 0 Å². The van der Waals surface area contributed by atoms with Crippen molar-refractivity contribution in [1.29, 1.82) is 0 Å². The smallest absolute Gasteiger partial charge is 0.325 e. The zero-order valence-electron chi connectivity index (χ0n) is 13.2. The maximum Gasteiger partial charge on any atom is 0.325 e. The van der Waals surface area contributed by atoms with Gasteiger partial charge in [-0.05, 0) is 41.1 Å². The van der Waals surface area contributed by atoms with E-state index >= 15 is 0 Å². The van der Waals surface area contributed by atoms with Gasteiger partial charge in [0.2, 0.25) is 0 Å². The van der Waals surface area contributed by atoms with Crippen LogP contribution in [0.3, 0.4) is 0 Å². The molecule has 0 fully saturated rings. The molecule has 1 amide bonds. The Morgan fingerprint density at radius 1 is 1.29 bits per heavy atom. The molecule has 1 heterocycles. The Bertz CT molecular complexity index is 687. The Morgan fingerprint density at radius 3 is 2.75 bits per heavy atom. The highest BCUT2D eigenvalue weighted by atomic mass is 79.9. The van der Waals surface area contributed by atoms with E-state index in [1.807, 2.05) is 0 Å². The summed E-state index contributed by atoms with van der Waals surface area (Å²) in [6, 6.07) is 6.83. The number of hydrogen-bond acceptors (Lipinski definition) is 6. The first-order valence-corrected chi connectivity index (χ1v) is 8.34.